The van der Waals surface area contributed by atoms with Gasteiger partial charge in [0.15, 0.2) is 5.65 Å². The van der Waals surface area contributed by atoms with E-state index in [4.69, 9.17) is 4.74 Å². The Morgan fingerprint density at radius 1 is 1.43 bits per heavy atom. The van der Waals surface area contributed by atoms with Crippen molar-refractivity contribution in [3.63, 3.8) is 0 Å². The molecular formula is C15H18BrFN4O2. The number of aromatic amines is 1. The maximum atomic E-state index is 13.9. The standard InChI is InChI=1S/C15H18BrFN4O2/c1-15(2,3)23-14(22)21-7-8(17)6-10(21)13-18-9-4-5-11(16)19-12(9)20-13/h4-5,8,10H,6-7H2,1-3H3,(H,18,19,20)/t8-,10-/m1/s1. The molecule has 0 aromatic carbocycles. The van der Waals surface area contributed by atoms with Crippen molar-refractivity contribution in [1.29, 1.82) is 0 Å². The summed E-state index contributed by atoms with van der Waals surface area (Å²) in [5.74, 6) is 0.525. The lowest BCUT2D eigenvalue weighted by Gasteiger charge is -2.27. The number of likely N-dealkylation sites (tertiary alicyclic amines) is 1. The van der Waals surface area contributed by atoms with Gasteiger partial charge in [-0.3, -0.25) is 4.90 Å². The summed E-state index contributed by atoms with van der Waals surface area (Å²) < 4.78 is 19.9. The Morgan fingerprint density at radius 3 is 2.87 bits per heavy atom. The number of aromatic nitrogens is 3. The van der Waals surface area contributed by atoms with Crippen molar-refractivity contribution in [2.24, 2.45) is 0 Å². The van der Waals surface area contributed by atoms with Crippen LogP contribution in [0.25, 0.3) is 11.2 Å². The van der Waals surface area contributed by atoms with Crippen molar-refractivity contribution in [1.82, 2.24) is 19.9 Å². The van der Waals surface area contributed by atoms with E-state index in [1.165, 1.54) is 4.90 Å². The highest BCUT2D eigenvalue weighted by molar-refractivity contribution is 9.10. The highest BCUT2D eigenvalue weighted by atomic mass is 79.9. The zero-order valence-corrected chi connectivity index (χ0v) is 14.7. The number of amides is 1. The lowest BCUT2D eigenvalue weighted by atomic mass is 10.2. The van der Waals surface area contributed by atoms with Crippen LogP contribution >= 0.6 is 15.9 Å². The van der Waals surface area contributed by atoms with Gasteiger partial charge in [0.25, 0.3) is 0 Å². The molecule has 2 aromatic heterocycles. The second-order valence-corrected chi connectivity index (χ2v) is 7.42. The van der Waals surface area contributed by atoms with Gasteiger partial charge in [-0.25, -0.2) is 19.2 Å². The zero-order valence-electron chi connectivity index (χ0n) is 13.1. The van der Waals surface area contributed by atoms with Crippen molar-refractivity contribution >= 4 is 33.2 Å². The first kappa shape index (κ1) is 16.2. The topological polar surface area (TPSA) is 71.1 Å². The van der Waals surface area contributed by atoms with Gasteiger partial charge >= 0.3 is 6.09 Å². The average Bonchev–Trinajstić information content (AvgIpc) is 2.99. The van der Waals surface area contributed by atoms with Crippen LogP contribution in [0.15, 0.2) is 16.7 Å². The summed E-state index contributed by atoms with van der Waals surface area (Å²) in [6, 6.07) is 3.15. The minimum absolute atomic E-state index is 0.00769. The summed E-state index contributed by atoms with van der Waals surface area (Å²) in [5.41, 5.74) is 0.645. The third kappa shape index (κ3) is 3.46. The van der Waals surface area contributed by atoms with E-state index >= 15 is 0 Å². The predicted octanol–water partition coefficient (Wildman–Crippen LogP) is 3.74. The molecule has 0 spiro atoms. The molecule has 1 aliphatic heterocycles. The fourth-order valence-corrected chi connectivity index (χ4v) is 2.91. The first-order valence-corrected chi connectivity index (χ1v) is 8.18. The molecule has 1 aliphatic rings. The fraction of sp³-hybridized carbons (Fsp3) is 0.533. The van der Waals surface area contributed by atoms with Crippen LogP contribution in [-0.2, 0) is 4.74 Å². The van der Waals surface area contributed by atoms with Crippen LogP contribution in [0.4, 0.5) is 9.18 Å². The van der Waals surface area contributed by atoms with Gasteiger partial charge < -0.3 is 9.72 Å². The number of carbonyl (C=O) groups excluding carboxylic acids is 1. The summed E-state index contributed by atoms with van der Waals surface area (Å²) in [6.45, 7) is 5.36. The monoisotopic (exact) mass is 384 g/mol. The van der Waals surface area contributed by atoms with Crippen molar-refractivity contribution < 1.29 is 13.9 Å². The van der Waals surface area contributed by atoms with Crippen LogP contribution in [-0.4, -0.2) is 44.3 Å². The second-order valence-electron chi connectivity index (χ2n) is 6.61. The number of fused-ring (bicyclic) bond motifs is 1. The van der Waals surface area contributed by atoms with Gasteiger partial charge in [-0.2, -0.15) is 0 Å². The summed E-state index contributed by atoms with van der Waals surface area (Å²) in [6.07, 6.45) is -1.43. The van der Waals surface area contributed by atoms with Crippen LogP contribution in [0.3, 0.4) is 0 Å². The number of ether oxygens (including phenoxy) is 1. The summed E-state index contributed by atoms with van der Waals surface area (Å²) in [4.78, 5) is 25.5. The van der Waals surface area contributed by atoms with Crippen LogP contribution in [0.5, 0.6) is 0 Å². The molecule has 8 heteroatoms. The predicted molar refractivity (Wildman–Crippen MR) is 86.8 cm³/mol. The lowest BCUT2D eigenvalue weighted by Crippen LogP contribution is -2.37. The number of nitrogens with zero attached hydrogens (tertiary/aromatic N) is 3. The molecule has 2 aromatic rings. The number of halogens is 2. The molecular weight excluding hydrogens is 367 g/mol. The molecule has 0 bridgehead atoms. The molecule has 23 heavy (non-hydrogen) atoms. The molecule has 1 N–H and O–H groups in total. The highest BCUT2D eigenvalue weighted by Crippen LogP contribution is 2.34. The zero-order chi connectivity index (χ0) is 16.8. The number of H-pyrrole nitrogens is 1. The van der Waals surface area contributed by atoms with Crippen LogP contribution < -0.4 is 0 Å². The van der Waals surface area contributed by atoms with Gasteiger partial charge in [0, 0.05) is 6.42 Å². The highest BCUT2D eigenvalue weighted by Gasteiger charge is 2.40. The Kier molecular flexibility index (Phi) is 4.03. The lowest BCUT2D eigenvalue weighted by molar-refractivity contribution is 0.0211. The summed E-state index contributed by atoms with van der Waals surface area (Å²) in [7, 11) is 0. The number of rotatable bonds is 1. The average molecular weight is 385 g/mol. The number of imidazole rings is 1. The fourth-order valence-electron chi connectivity index (χ4n) is 2.61. The summed E-state index contributed by atoms with van der Waals surface area (Å²) >= 11 is 3.29. The quantitative estimate of drug-likeness (QED) is 0.760. The molecule has 0 unspecified atom stereocenters. The Labute approximate surface area is 141 Å². The van der Waals surface area contributed by atoms with E-state index in [0.717, 1.165) is 5.52 Å². The number of carbonyl (C=O) groups is 1. The number of hydrogen-bond acceptors (Lipinski definition) is 4. The first-order valence-electron chi connectivity index (χ1n) is 7.39. The minimum atomic E-state index is -1.10. The maximum absolute atomic E-state index is 13.9. The third-order valence-electron chi connectivity index (χ3n) is 3.52. The van der Waals surface area contributed by atoms with E-state index < -0.39 is 23.9 Å². The number of hydrogen-bond donors (Lipinski definition) is 1. The second kappa shape index (κ2) is 5.74. The Bertz CT molecular complexity index is 743. The van der Waals surface area contributed by atoms with Gasteiger partial charge in [0.2, 0.25) is 0 Å². The maximum Gasteiger partial charge on any atom is 0.411 e. The first-order chi connectivity index (χ1) is 10.7. The molecule has 6 nitrogen and oxygen atoms in total. The molecule has 3 rings (SSSR count). The Morgan fingerprint density at radius 2 is 2.17 bits per heavy atom. The SMILES string of the molecule is CC(C)(C)OC(=O)N1C[C@H](F)C[C@@H]1c1nc2nc(Br)ccc2[nH]1. The number of pyridine rings is 1. The van der Waals surface area contributed by atoms with Crippen LogP contribution in [0.2, 0.25) is 0 Å². The smallest absolute Gasteiger partial charge is 0.411 e. The molecule has 124 valence electrons. The largest absolute Gasteiger partial charge is 0.444 e. The molecule has 0 aliphatic carbocycles. The number of nitrogens with one attached hydrogen (secondary N) is 1. The van der Waals surface area contributed by atoms with E-state index in [-0.39, 0.29) is 13.0 Å². The molecule has 0 radical (unpaired) electrons. The third-order valence-corrected chi connectivity index (χ3v) is 3.97. The normalized spacial score (nSPS) is 21.9. The van der Waals surface area contributed by atoms with Gasteiger partial charge in [-0.1, -0.05) is 0 Å². The van der Waals surface area contributed by atoms with E-state index in [2.05, 4.69) is 30.9 Å². The van der Waals surface area contributed by atoms with Gasteiger partial charge in [0.05, 0.1) is 18.1 Å². The van der Waals surface area contributed by atoms with Crippen molar-refractivity contribution in [2.45, 2.75) is 45.0 Å². The molecule has 1 fully saturated rings. The van der Waals surface area contributed by atoms with Crippen LogP contribution in [0.1, 0.15) is 39.1 Å². The molecule has 1 saturated heterocycles. The van der Waals surface area contributed by atoms with Crippen LogP contribution in [0, 0.1) is 0 Å². The molecule has 1 amide bonds. The molecule has 2 atom stereocenters. The van der Waals surface area contributed by atoms with E-state index in [1.54, 1.807) is 26.8 Å². The van der Waals surface area contributed by atoms with Gasteiger partial charge in [-0.05, 0) is 48.8 Å². The van der Waals surface area contributed by atoms with Crippen molar-refractivity contribution in [3.8, 4) is 0 Å². The number of alkyl halides is 1. The van der Waals surface area contributed by atoms with E-state index in [1.807, 2.05) is 6.07 Å². The summed E-state index contributed by atoms with van der Waals surface area (Å²) in [5, 5.41) is 0. The van der Waals surface area contributed by atoms with Crippen molar-refractivity contribution in [2.75, 3.05) is 6.54 Å². The molecule has 0 saturated carbocycles. The van der Waals surface area contributed by atoms with E-state index in [0.29, 0.717) is 16.1 Å². The Hall–Kier alpha value is -1.70. The van der Waals surface area contributed by atoms with Gasteiger partial charge in [-0.15, -0.1) is 0 Å². The minimum Gasteiger partial charge on any atom is -0.444 e. The molecule has 3 heterocycles. The van der Waals surface area contributed by atoms with Gasteiger partial charge in [0.1, 0.15) is 22.2 Å². The van der Waals surface area contributed by atoms with E-state index in [9.17, 15) is 9.18 Å². The van der Waals surface area contributed by atoms with Crippen molar-refractivity contribution in [3.05, 3.63) is 22.6 Å². The Balaban J connectivity index is 1.90.